The highest BCUT2D eigenvalue weighted by Crippen LogP contribution is 2.41. The van der Waals surface area contributed by atoms with Gasteiger partial charge in [0.2, 0.25) is 0 Å². The number of alkyl halides is 3. The summed E-state index contributed by atoms with van der Waals surface area (Å²) in [6.07, 6.45) is -1.15. The largest absolute Gasteiger partial charge is 0.417 e. The highest BCUT2D eigenvalue weighted by molar-refractivity contribution is 7.11. The van der Waals surface area contributed by atoms with Crippen LogP contribution in [0.1, 0.15) is 50.8 Å². The number of amides is 1. The van der Waals surface area contributed by atoms with Crippen molar-refractivity contribution in [2.45, 2.75) is 31.5 Å². The number of halogens is 4. The van der Waals surface area contributed by atoms with E-state index in [1.165, 1.54) is 46.5 Å². The summed E-state index contributed by atoms with van der Waals surface area (Å²) in [5.41, 5.74) is 1.96. The fourth-order valence-corrected chi connectivity index (χ4v) is 4.60. The number of nitriles is 1. The SMILES string of the molecule is N#Cc1ccc(-c2ccn(-c3ccc(CNC(=O)c4scnc4C4CC4)c(F)c3)n2)cc1C(F)(F)F. The lowest BCUT2D eigenvalue weighted by Gasteiger charge is -2.10. The number of nitrogens with zero attached hydrogens (tertiary/aromatic N) is 4. The summed E-state index contributed by atoms with van der Waals surface area (Å²) in [6, 6.07) is 10.7. The third-order valence-corrected chi connectivity index (χ3v) is 6.68. The average molecular weight is 512 g/mol. The van der Waals surface area contributed by atoms with Gasteiger partial charge in [-0.3, -0.25) is 4.79 Å². The molecule has 6 nitrogen and oxygen atoms in total. The number of aromatic nitrogens is 3. The second kappa shape index (κ2) is 9.20. The van der Waals surface area contributed by atoms with E-state index in [-0.39, 0.29) is 29.3 Å². The normalized spacial score (nSPS) is 13.4. The molecule has 1 N–H and O–H groups in total. The third kappa shape index (κ3) is 4.72. The summed E-state index contributed by atoms with van der Waals surface area (Å²) >= 11 is 1.26. The van der Waals surface area contributed by atoms with Gasteiger partial charge in [-0.25, -0.2) is 14.1 Å². The molecular weight excluding hydrogens is 494 g/mol. The van der Waals surface area contributed by atoms with Gasteiger partial charge in [-0.05, 0) is 43.2 Å². The van der Waals surface area contributed by atoms with Crippen LogP contribution < -0.4 is 5.32 Å². The first-order chi connectivity index (χ1) is 17.2. The van der Waals surface area contributed by atoms with Crippen LogP contribution in [0.15, 0.2) is 54.2 Å². The van der Waals surface area contributed by atoms with Gasteiger partial charge in [-0.2, -0.15) is 23.5 Å². The number of hydrogen-bond donors (Lipinski definition) is 1. The number of thiazole rings is 1. The predicted octanol–water partition coefficient (Wildman–Crippen LogP) is 5.83. The molecule has 1 aliphatic carbocycles. The molecule has 1 saturated carbocycles. The minimum atomic E-state index is -4.68. The van der Waals surface area contributed by atoms with Crippen molar-refractivity contribution in [3.63, 3.8) is 0 Å². The van der Waals surface area contributed by atoms with Crippen LogP contribution in [0.2, 0.25) is 0 Å². The molecule has 2 aromatic carbocycles. The second-order valence-corrected chi connectivity index (χ2v) is 9.17. The molecule has 0 radical (unpaired) electrons. The third-order valence-electron chi connectivity index (χ3n) is 5.84. The Balaban J connectivity index is 1.31. The van der Waals surface area contributed by atoms with Crippen LogP contribution in [0.3, 0.4) is 0 Å². The van der Waals surface area contributed by atoms with Crippen LogP contribution in [0.5, 0.6) is 0 Å². The molecule has 0 unspecified atom stereocenters. The molecule has 1 aliphatic rings. The van der Waals surface area contributed by atoms with E-state index in [0.717, 1.165) is 30.7 Å². The van der Waals surface area contributed by atoms with Crippen LogP contribution in [-0.2, 0) is 12.7 Å². The molecule has 1 amide bonds. The summed E-state index contributed by atoms with van der Waals surface area (Å²) in [4.78, 5) is 17.4. The standard InChI is InChI=1S/C25H17F4N5OS/c26-20-10-18(6-5-17(20)12-31-24(35)23-22(14-1-2-14)32-13-36-23)34-8-7-21(33-34)15-3-4-16(11-30)19(9-15)25(27,28)29/h3-10,13-14H,1-2,12H2,(H,31,35). The first-order valence-corrected chi connectivity index (χ1v) is 11.8. The van der Waals surface area contributed by atoms with Crippen LogP contribution in [-0.4, -0.2) is 20.7 Å². The first kappa shape index (κ1) is 23.7. The minimum Gasteiger partial charge on any atom is -0.347 e. The van der Waals surface area contributed by atoms with Crippen LogP contribution in [0.4, 0.5) is 17.6 Å². The molecule has 0 saturated heterocycles. The number of nitrogens with one attached hydrogen (secondary N) is 1. The summed E-state index contributed by atoms with van der Waals surface area (Å²) in [5, 5.41) is 16.0. The number of hydrogen-bond acceptors (Lipinski definition) is 5. The van der Waals surface area contributed by atoms with Gasteiger partial charge in [0, 0.05) is 29.8 Å². The molecule has 182 valence electrons. The van der Waals surface area contributed by atoms with Crippen molar-refractivity contribution in [3.05, 3.63) is 87.3 Å². The van der Waals surface area contributed by atoms with Gasteiger partial charge in [0.15, 0.2) is 0 Å². The van der Waals surface area contributed by atoms with Gasteiger partial charge in [0.1, 0.15) is 10.7 Å². The lowest BCUT2D eigenvalue weighted by atomic mass is 10.0. The zero-order valence-corrected chi connectivity index (χ0v) is 19.3. The molecule has 11 heteroatoms. The fraction of sp³-hybridized carbons (Fsp3) is 0.200. The predicted molar refractivity (Wildman–Crippen MR) is 124 cm³/mol. The Bertz CT molecular complexity index is 1500. The quantitative estimate of drug-likeness (QED) is 0.330. The van der Waals surface area contributed by atoms with Crippen molar-refractivity contribution >= 4 is 17.2 Å². The number of benzene rings is 2. The molecule has 2 heterocycles. The van der Waals surface area contributed by atoms with Crippen LogP contribution in [0, 0.1) is 17.1 Å². The monoisotopic (exact) mass is 511 g/mol. The van der Waals surface area contributed by atoms with E-state index < -0.39 is 23.1 Å². The lowest BCUT2D eigenvalue weighted by Crippen LogP contribution is -2.23. The molecular formula is C25H17F4N5OS. The molecule has 0 spiro atoms. The molecule has 0 atom stereocenters. The summed E-state index contributed by atoms with van der Waals surface area (Å²) in [7, 11) is 0. The van der Waals surface area contributed by atoms with Crippen molar-refractivity contribution in [3.8, 4) is 23.0 Å². The molecule has 1 fully saturated rings. The van der Waals surface area contributed by atoms with Crippen molar-refractivity contribution in [2.75, 3.05) is 0 Å². The number of rotatable bonds is 6. The van der Waals surface area contributed by atoms with Gasteiger partial charge in [0.05, 0.1) is 39.8 Å². The van der Waals surface area contributed by atoms with Crippen LogP contribution >= 0.6 is 11.3 Å². The number of carbonyl (C=O) groups excluding carboxylic acids is 1. The highest BCUT2D eigenvalue weighted by atomic mass is 32.1. The van der Waals surface area contributed by atoms with Crippen molar-refractivity contribution in [1.82, 2.24) is 20.1 Å². The molecule has 36 heavy (non-hydrogen) atoms. The fourth-order valence-electron chi connectivity index (χ4n) is 3.81. The Morgan fingerprint density at radius 1 is 1.19 bits per heavy atom. The maximum atomic E-state index is 14.8. The molecule has 0 aliphatic heterocycles. The molecule has 2 aromatic heterocycles. The van der Waals surface area contributed by atoms with E-state index >= 15 is 0 Å². The maximum absolute atomic E-state index is 14.8. The molecule has 4 aromatic rings. The lowest BCUT2D eigenvalue weighted by molar-refractivity contribution is -0.137. The van der Waals surface area contributed by atoms with Gasteiger partial charge in [-0.15, -0.1) is 11.3 Å². The van der Waals surface area contributed by atoms with E-state index in [1.54, 1.807) is 17.6 Å². The Kier molecular flexibility index (Phi) is 6.05. The van der Waals surface area contributed by atoms with Gasteiger partial charge >= 0.3 is 6.18 Å². The van der Waals surface area contributed by atoms with E-state index in [9.17, 15) is 22.4 Å². The van der Waals surface area contributed by atoms with E-state index in [0.29, 0.717) is 16.5 Å². The summed E-state index contributed by atoms with van der Waals surface area (Å²) in [6.45, 7) is -0.0111. The average Bonchev–Trinajstić information content (AvgIpc) is 3.37. The van der Waals surface area contributed by atoms with E-state index in [4.69, 9.17) is 5.26 Å². The van der Waals surface area contributed by atoms with Crippen molar-refractivity contribution in [2.24, 2.45) is 0 Å². The van der Waals surface area contributed by atoms with E-state index in [1.807, 2.05) is 0 Å². The van der Waals surface area contributed by atoms with Gasteiger partial charge in [-0.1, -0.05) is 12.1 Å². The Labute approximate surface area is 206 Å². The second-order valence-electron chi connectivity index (χ2n) is 8.31. The van der Waals surface area contributed by atoms with E-state index in [2.05, 4.69) is 15.4 Å². The van der Waals surface area contributed by atoms with Crippen molar-refractivity contribution < 1.29 is 22.4 Å². The Morgan fingerprint density at radius 2 is 2.00 bits per heavy atom. The van der Waals surface area contributed by atoms with Gasteiger partial charge in [0.25, 0.3) is 5.91 Å². The summed E-state index contributed by atoms with van der Waals surface area (Å²) in [5.74, 6) is -0.522. The minimum absolute atomic E-state index is 0.0111. The smallest absolute Gasteiger partial charge is 0.347 e. The van der Waals surface area contributed by atoms with Crippen molar-refractivity contribution in [1.29, 1.82) is 5.26 Å². The topological polar surface area (TPSA) is 83.6 Å². The zero-order chi connectivity index (χ0) is 25.4. The zero-order valence-electron chi connectivity index (χ0n) is 18.5. The highest BCUT2D eigenvalue weighted by Gasteiger charge is 2.34. The molecule has 5 rings (SSSR count). The van der Waals surface area contributed by atoms with Gasteiger partial charge < -0.3 is 5.32 Å². The van der Waals surface area contributed by atoms with Crippen LogP contribution in [0.25, 0.3) is 16.9 Å². The number of carbonyl (C=O) groups is 1. The Hall–Kier alpha value is -4.04. The summed E-state index contributed by atoms with van der Waals surface area (Å²) < 4.78 is 56.0. The Morgan fingerprint density at radius 3 is 2.69 bits per heavy atom. The maximum Gasteiger partial charge on any atom is 0.417 e. The first-order valence-electron chi connectivity index (χ1n) is 10.9. The molecule has 0 bridgehead atoms.